The topological polar surface area (TPSA) is 66.8 Å². The molecule has 0 aliphatic heterocycles. The molecule has 0 radical (unpaired) electrons. The molecule has 0 bridgehead atoms. The van der Waals surface area contributed by atoms with Gasteiger partial charge in [-0.25, -0.2) is 9.59 Å². The third-order valence-corrected chi connectivity index (χ3v) is 3.49. The van der Waals surface area contributed by atoms with Crippen LogP contribution in [0.25, 0.3) is 0 Å². The molecule has 0 fully saturated rings. The van der Waals surface area contributed by atoms with Crippen molar-refractivity contribution in [2.45, 2.75) is 38.8 Å². The van der Waals surface area contributed by atoms with Crippen LogP contribution in [0, 0.1) is 0 Å². The highest BCUT2D eigenvalue weighted by molar-refractivity contribution is 5.95. The summed E-state index contributed by atoms with van der Waals surface area (Å²) in [5.74, 6) is -1.08. The minimum absolute atomic E-state index is 0.185. The fourth-order valence-corrected chi connectivity index (χ4v) is 2.44. The normalized spacial score (nSPS) is 12.3. The molecule has 2 rings (SSSR count). The number of anilines is 1. The Hall–Kier alpha value is -2.82. The molecule has 0 saturated heterocycles. The van der Waals surface area contributed by atoms with Crippen LogP contribution in [0.4, 0.5) is 10.5 Å². The molecule has 132 valence electrons. The lowest BCUT2D eigenvalue weighted by molar-refractivity contribution is -0.138. The van der Waals surface area contributed by atoms with Crippen LogP contribution in [-0.4, -0.2) is 28.8 Å². The standard InChI is InChI=1S/C20H23NO4/c1-20(2,3)25-19(24)21(16-12-8-5-9-13-16)17(18(22)23)14-15-10-6-4-7-11-15/h4-13,17H,14H2,1-3H3,(H,22,23)/t17-/m0/s1. The van der Waals surface area contributed by atoms with E-state index in [9.17, 15) is 14.7 Å². The van der Waals surface area contributed by atoms with Gasteiger partial charge in [0.25, 0.3) is 0 Å². The Kier molecular flexibility index (Phi) is 5.80. The van der Waals surface area contributed by atoms with Gasteiger partial charge in [0.15, 0.2) is 0 Å². The van der Waals surface area contributed by atoms with Crippen LogP contribution in [0.1, 0.15) is 26.3 Å². The second kappa shape index (κ2) is 7.83. The third kappa shape index (κ3) is 5.35. The summed E-state index contributed by atoms with van der Waals surface area (Å²) in [4.78, 5) is 25.9. The zero-order valence-electron chi connectivity index (χ0n) is 14.7. The molecule has 0 saturated carbocycles. The first-order valence-corrected chi connectivity index (χ1v) is 8.12. The van der Waals surface area contributed by atoms with Crippen molar-refractivity contribution >= 4 is 17.7 Å². The largest absolute Gasteiger partial charge is 0.480 e. The van der Waals surface area contributed by atoms with Gasteiger partial charge < -0.3 is 9.84 Å². The second-order valence-electron chi connectivity index (χ2n) is 6.73. The van der Waals surface area contributed by atoms with Crippen molar-refractivity contribution in [3.05, 3.63) is 66.2 Å². The molecule has 0 aromatic heterocycles. The number of nitrogens with zero attached hydrogens (tertiary/aromatic N) is 1. The van der Waals surface area contributed by atoms with Gasteiger partial charge in [-0.1, -0.05) is 48.5 Å². The summed E-state index contributed by atoms with van der Waals surface area (Å²) in [5, 5.41) is 9.76. The SMILES string of the molecule is CC(C)(C)OC(=O)N(c1ccccc1)[C@@H](Cc1ccccc1)C(=O)O. The summed E-state index contributed by atoms with van der Waals surface area (Å²) < 4.78 is 5.45. The molecule has 25 heavy (non-hydrogen) atoms. The number of aliphatic carboxylic acids is 1. The molecule has 0 aliphatic rings. The van der Waals surface area contributed by atoms with Gasteiger partial charge in [0.05, 0.1) is 0 Å². The first-order valence-electron chi connectivity index (χ1n) is 8.12. The number of ether oxygens (including phenoxy) is 1. The maximum atomic E-state index is 12.7. The maximum absolute atomic E-state index is 12.7. The van der Waals surface area contributed by atoms with Crippen LogP contribution < -0.4 is 4.90 Å². The average Bonchev–Trinajstić information content (AvgIpc) is 2.54. The van der Waals surface area contributed by atoms with Crippen molar-refractivity contribution in [2.24, 2.45) is 0 Å². The van der Waals surface area contributed by atoms with Crippen molar-refractivity contribution in [1.29, 1.82) is 0 Å². The summed E-state index contributed by atoms with van der Waals surface area (Å²) in [5.41, 5.74) is 0.597. The first-order chi connectivity index (χ1) is 11.8. The lowest BCUT2D eigenvalue weighted by Crippen LogP contribution is -2.48. The van der Waals surface area contributed by atoms with Crippen molar-refractivity contribution in [3.8, 4) is 0 Å². The summed E-state index contributed by atoms with van der Waals surface area (Å²) in [6.07, 6.45) is -0.494. The van der Waals surface area contributed by atoms with Gasteiger partial charge in [-0.05, 0) is 38.5 Å². The van der Waals surface area contributed by atoms with E-state index >= 15 is 0 Å². The van der Waals surface area contributed by atoms with Gasteiger partial charge in [0, 0.05) is 12.1 Å². The minimum atomic E-state index is -1.08. The molecule has 1 N–H and O–H groups in total. The number of carboxylic acid groups (broad SMARTS) is 1. The van der Waals surface area contributed by atoms with E-state index in [0.29, 0.717) is 5.69 Å². The average molecular weight is 341 g/mol. The summed E-state index contributed by atoms with van der Waals surface area (Å²) in [7, 11) is 0. The molecule has 1 amide bonds. The van der Waals surface area contributed by atoms with Crippen LogP contribution in [-0.2, 0) is 16.0 Å². The Morgan fingerprint density at radius 3 is 2.00 bits per heavy atom. The number of carbonyl (C=O) groups excluding carboxylic acids is 1. The van der Waals surface area contributed by atoms with Crippen molar-refractivity contribution in [2.75, 3.05) is 4.90 Å². The van der Waals surface area contributed by atoms with Crippen LogP contribution in [0.3, 0.4) is 0 Å². The summed E-state index contributed by atoms with van der Waals surface area (Å²) >= 11 is 0. The Bertz CT molecular complexity index is 707. The number of carbonyl (C=O) groups is 2. The molecule has 1 atom stereocenters. The molecule has 0 heterocycles. The van der Waals surface area contributed by atoms with Gasteiger partial charge in [0.1, 0.15) is 11.6 Å². The summed E-state index contributed by atoms with van der Waals surface area (Å²) in [6, 6.07) is 16.9. The number of hydrogen-bond donors (Lipinski definition) is 1. The zero-order chi connectivity index (χ0) is 18.4. The molecule has 0 spiro atoms. The van der Waals surface area contributed by atoms with E-state index in [0.717, 1.165) is 5.56 Å². The van der Waals surface area contributed by atoms with Crippen molar-refractivity contribution in [1.82, 2.24) is 0 Å². The van der Waals surface area contributed by atoms with Crippen LogP contribution >= 0.6 is 0 Å². The van der Waals surface area contributed by atoms with Gasteiger partial charge in [-0.3, -0.25) is 4.90 Å². The van der Waals surface area contributed by atoms with E-state index in [1.165, 1.54) is 4.90 Å². The molecule has 2 aromatic rings. The number of para-hydroxylation sites is 1. The van der Waals surface area contributed by atoms with E-state index in [1.54, 1.807) is 45.0 Å². The Morgan fingerprint density at radius 1 is 1.00 bits per heavy atom. The van der Waals surface area contributed by atoms with E-state index in [2.05, 4.69) is 0 Å². The minimum Gasteiger partial charge on any atom is -0.480 e. The third-order valence-electron chi connectivity index (χ3n) is 3.49. The van der Waals surface area contributed by atoms with Gasteiger partial charge in [-0.15, -0.1) is 0 Å². The lowest BCUT2D eigenvalue weighted by atomic mass is 10.0. The van der Waals surface area contributed by atoms with E-state index in [1.807, 2.05) is 36.4 Å². The van der Waals surface area contributed by atoms with E-state index in [4.69, 9.17) is 4.74 Å². The Morgan fingerprint density at radius 2 is 1.52 bits per heavy atom. The first kappa shape index (κ1) is 18.5. The number of carboxylic acids is 1. The fraction of sp³-hybridized carbons (Fsp3) is 0.300. The smallest absolute Gasteiger partial charge is 0.415 e. The fourth-order valence-electron chi connectivity index (χ4n) is 2.44. The molecule has 5 heteroatoms. The van der Waals surface area contributed by atoms with E-state index in [-0.39, 0.29) is 6.42 Å². The molecule has 5 nitrogen and oxygen atoms in total. The Labute approximate surface area is 147 Å². The van der Waals surface area contributed by atoms with Crippen molar-refractivity contribution in [3.63, 3.8) is 0 Å². The molecule has 2 aromatic carbocycles. The highest BCUT2D eigenvalue weighted by Crippen LogP contribution is 2.23. The summed E-state index contributed by atoms with van der Waals surface area (Å²) in [6.45, 7) is 5.25. The molecular formula is C20H23NO4. The second-order valence-corrected chi connectivity index (χ2v) is 6.73. The van der Waals surface area contributed by atoms with Gasteiger partial charge in [-0.2, -0.15) is 0 Å². The number of benzene rings is 2. The number of hydrogen-bond acceptors (Lipinski definition) is 3. The highest BCUT2D eigenvalue weighted by atomic mass is 16.6. The molecule has 0 aliphatic carbocycles. The van der Waals surface area contributed by atoms with Gasteiger partial charge in [0.2, 0.25) is 0 Å². The van der Waals surface area contributed by atoms with Gasteiger partial charge >= 0.3 is 12.1 Å². The Balaban J connectivity index is 2.40. The number of amides is 1. The molecular weight excluding hydrogens is 318 g/mol. The highest BCUT2D eigenvalue weighted by Gasteiger charge is 2.34. The maximum Gasteiger partial charge on any atom is 0.415 e. The van der Waals surface area contributed by atoms with Crippen LogP contribution in [0.2, 0.25) is 0 Å². The predicted octanol–water partition coefficient (Wildman–Crippen LogP) is 4.12. The number of rotatable bonds is 5. The predicted molar refractivity (Wildman–Crippen MR) is 96.7 cm³/mol. The lowest BCUT2D eigenvalue weighted by Gasteiger charge is -2.31. The van der Waals surface area contributed by atoms with Crippen LogP contribution in [0.15, 0.2) is 60.7 Å². The monoisotopic (exact) mass is 341 g/mol. The molecule has 0 unspecified atom stereocenters. The quantitative estimate of drug-likeness (QED) is 0.888. The zero-order valence-corrected chi connectivity index (χ0v) is 14.7. The van der Waals surface area contributed by atoms with Crippen LogP contribution in [0.5, 0.6) is 0 Å². The van der Waals surface area contributed by atoms with E-state index < -0.39 is 23.7 Å². The van der Waals surface area contributed by atoms with Crippen molar-refractivity contribution < 1.29 is 19.4 Å².